The molecular weight excluding hydrogens is 540 g/mol. The van der Waals surface area contributed by atoms with E-state index in [2.05, 4.69) is 15.4 Å². The Bertz CT molecular complexity index is 1380. The van der Waals surface area contributed by atoms with Crippen LogP contribution in [0.25, 0.3) is 0 Å². The third-order valence-corrected chi connectivity index (χ3v) is 7.86. The van der Waals surface area contributed by atoms with Gasteiger partial charge in [-0.1, -0.05) is 50.2 Å². The molecule has 0 bridgehead atoms. The zero-order valence-electron chi connectivity index (χ0n) is 23.8. The highest BCUT2D eigenvalue weighted by atomic mass is 32.2. The van der Waals surface area contributed by atoms with Gasteiger partial charge in [-0.2, -0.15) is 0 Å². The molecule has 41 heavy (non-hydrogen) atoms. The molecule has 9 nitrogen and oxygen atoms in total. The van der Waals surface area contributed by atoms with Crippen LogP contribution in [0.3, 0.4) is 0 Å². The Morgan fingerprint density at radius 3 is 2.27 bits per heavy atom. The molecule has 10 heteroatoms. The second-order valence-electron chi connectivity index (χ2n) is 10.5. The van der Waals surface area contributed by atoms with Gasteiger partial charge < -0.3 is 21.1 Å². The maximum atomic E-state index is 13.5. The summed E-state index contributed by atoms with van der Waals surface area (Å²) in [7, 11) is -2.29. The van der Waals surface area contributed by atoms with Crippen molar-refractivity contribution in [1.29, 1.82) is 0 Å². The van der Waals surface area contributed by atoms with Crippen molar-refractivity contribution in [1.82, 2.24) is 10.6 Å². The molecular formula is C31H40N4O5S. The molecule has 0 radical (unpaired) electrons. The largest absolute Gasteiger partial charge is 0.497 e. The Hall–Kier alpha value is -4.05. The van der Waals surface area contributed by atoms with E-state index >= 15 is 0 Å². The van der Waals surface area contributed by atoms with Crippen molar-refractivity contribution >= 4 is 33.2 Å². The normalized spacial score (nSPS) is 12.8. The Balaban J connectivity index is 1.74. The summed E-state index contributed by atoms with van der Waals surface area (Å²) in [4.78, 5) is 26.4. The molecule has 0 unspecified atom stereocenters. The number of hydrogen-bond acceptors (Lipinski definition) is 6. The molecule has 220 valence electrons. The number of benzene rings is 3. The lowest BCUT2D eigenvalue weighted by Gasteiger charge is -2.25. The number of nitrogens with two attached hydrogens (primary N) is 1. The highest BCUT2D eigenvalue weighted by Gasteiger charge is 2.27. The lowest BCUT2D eigenvalue weighted by molar-refractivity contribution is -0.124. The van der Waals surface area contributed by atoms with Gasteiger partial charge in [-0.3, -0.25) is 14.3 Å². The minimum absolute atomic E-state index is 0.101. The molecule has 0 aliphatic carbocycles. The van der Waals surface area contributed by atoms with E-state index in [9.17, 15) is 18.0 Å². The van der Waals surface area contributed by atoms with Crippen molar-refractivity contribution in [3.05, 3.63) is 90.0 Å². The summed E-state index contributed by atoms with van der Waals surface area (Å²) in [6.45, 7) is 3.90. The number of nitrogen functional groups attached to an aromatic ring is 1. The van der Waals surface area contributed by atoms with Crippen LogP contribution in [0.15, 0.2) is 78.9 Å². The van der Waals surface area contributed by atoms with Crippen LogP contribution in [-0.2, 0) is 21.2 Å². The first kappa shape index (κ1) is 31.5. The van der Waals surface area contributed by atoms with Crippen LogP contribution < -0.4 is 25.8 Å². The minimum atomic E-state index is -3.82. The van der Waals surface area contributed by atoms with Crippen LogP contribution in [0.2, 0.25) is 0 Å². The number of methoxy groups -OCH3 is 1. The predicted molar refractivity (Wildman–Crippen MR) is 163 cm³/mol. The molecule has 0 fully saturated rings. The zero-order chi connectivity index (χ0) is 29.8. The van der Waals surface area contributed by atoms with Crippen molar-refractivity contribution in [3.63, 3.8) is 0 Å². The highest BCUT2D eigenvalue weighted by molar-refractivity contribution is 7.92. The fraction of sp³-hybridized carbons (Fsp3) is 0.355. The molecule has 3 rings (SSSR count). The Morgan fingerprint density at radius 2 is 1.63 bits per heavy atom. The molecule has 3 aromatic carbocycles. The van der Waals surface area contributed by atoms with Crippen LogP contribution in [-0.4, -0.2) is 45.2 Å². The molecule has 0 aliphatic heterocycles. The van der Waals surface area contributed by atoms with Gasteiger partial charge in [0.15, 0.2) is 0 Å². The first-order chi connectivity index (χ1) is 19.5. The average molecular weight is 581 g/mol. The van der Waals surface area contributed by atoms with Crippen LogP contribution in [0.5, 0.6) is 5.75 Å². The van der Waals surface area contributed by atoms with E-state index in [1.165, 1.54) is 7.11 Å². The average Bonchev–Trinajstić information content (AvgIpc) is 2.93. The lowest BCUT2D eigenvalue weighted by atomic mass is 10.0. The molecule has 0 aromatic heterocycles. The van der Waals surface area contributed by atoms with Gasteiger partial charge in [-0.15, -0.1) is 0 Å². The molecule has 0 saturated carbocycles. The van der Waals surface area contributed by atoms with Crippen molar-refractivity contribution < 1.29 is 22.7 Å². The number of ether oxygens (including phenoxy) is 1. The molecule has 0 spiro atoms. The number of amides is 2. The van der Waals surface area contributed by atoms with E-state index in [0.29, 0.717) is 42.0 Å². The van der Waals surface area contributed by atoms with Crippen molar-refractivity contribution in [3.8, 4) is 5.75 Å². The van der Waals surface area contributed by atoms with E-state index < -0.39 is 33.9 Å². The second-order valence-corrected chi connectivity index (χ2v) is 12.2. The Labute approximate surface area is 242 Å². The fourth-order valence-corrected chi connectivity index (χ4v) is 5.82. The molecule has 2 amide bonds. The number of hydrogen-bond donors (Lipinski definition) is 4. The van der Waals surface area contributed by atoms with Gasteiger partial charge in [-0.25, -0.2) is 8.42 Å². The summed E-state index contributed by atoms with van der Waals surface area (Å²) in [6, 6.07) is 21.4. The van der Waals surface area contributed by atoms with Crippen LogP contribution in [0, 0.1) is 5.92 Å². The summed E-state index contributed by atoms with van der Waals surface area (Å²) < 4.78 is 34.0. The van der Waals surface area contributed by atoms with E-state index in [4.69, 9.17) is 10.5 Å². The van der Waals surface area contributed by atoms with Crippen molar-refractivity contribution in [2.45, 2.75) is 51.6 Å². The number of anilines is 2. The molecule has 3 aromatic rings. The third-order valence-electron chi connectivity index (χ3n) is 6.47. The SMILES string of the molecule is COc1ccc(NS(=O)(=O)C[C@H](CCCc2ccccc2)NC(=O)[C@H](CC(C)C)NC(=O)c2cccc(N)c2)cc1. The number of carbonyl (C=O) groups excluding carboxylic acids is 2. The molecule has 0 saturated heterocycles. The summed E-state index contributed by atoms with van der Waals surface area (Å²) in [6.07, 6.45) is 2.22. The fourth-order valence-electron chi connectivity index (χ4n) is 4.47. The standard InChI is InChI=1S/C31H40N4O5S/c1-22(2)19-29(34-30(36)24-12-8-13-25(32)20-24)31(37)33-27(14-7-11-23-9-5-4-6-10-23)21-41(38,39)35-26-15-17-28(40-3)18-16-26/h4-6,8-10,12-13,15-18,20,22,27,29,35H,7,11,14,19,21,32H2,1-3H3,(H,33,37)(H,34,36)/t27-,29-/m0/s1. The van der Waals surface area contributed by atoms with Crippen LogP contribution in [0.4, 0.5) is 11.4 Å². The number of carbonyl (C=O) groups is 2. The molecule has 2 atom stereocenters. The van der Waals surface area contributed by atoms with Gasteiger partial charge >= 0.3 is 0 Å². The maximum absolute atomic E-state index is 13.5. The topological polar surface area (TPSA) is 140 Å². The first-order valence-corrected chi connectivity index (χ1v) is 15.3. The van der Waals surface area contributed by atoms with Gasteiger partial charge in [0.05, 0.1) is 12.9 Å². The predicted octanol–water partition coefficient (Wildman–Crippen LogP) is 4.37. The Kier molecular flexibility index (Phi) is 11.6. The monoisotopic (exact) mass is 580 g/mol. The quantitative estimate of drug-likeness (QED) is 0.197. The molecule has 5 N–H and O–H groups in total. The number of aryl methyl sites for hydroxylation is 1. The first-order valence-electron chi connectivity index (χ1n) is 13.7. The third kappa shape index (κ3) is 10.8. The van der Waals surface area contributed by atoms with E-state index in [0.717, 1.165) is 12.0 Å². The van der Waals surface area contributed by atoms with Crippen molar-refractivity contribution in [2.24, 2.45) is 5.92 Å². The van der Waals surface area contributed by atoms with Gasteiger partial charge in [0.2, 0.25) is 15.9 Å². The zero-order valence-corrected chi connectivity index (χ0v) is 24.6. The minimum Gasteiger partial charge on any atom is -0.497 e. The van der Waals surface area contributed by atoms with Gasteiger partial charge in [0, 0.05) is 23.0 Å². The van der Waals surface area contributed by atoms with E-state index in [1.54, 1.807) is 48.5 Å². The van der Waals surface area contributed by atoms with Gasteiger partial charge in [-0.05, 0) is 79.6 Å². The second kappa shape index (κ2) is 15.1. The van der Waals surface area contributed by atoms with Crippen LogP contribution in [0.1, 0.15) is 49.0 Å². The van der Waals surface area contributed by atoms with E-state index in [-0.39, 0.29) is 11.7 Å². The lowest BCUT2D eigenvalue weighted by Crippen LogP contribution is -2.51. The summed E-state index contributed by atoms with van der Waals surface area (Å²) in [5.41, 5.74) is 8.13. The summed E-state index contributed by atoms with van der Waals surface area (Å²) in [5.74, 6) is -0.468. The van der Waals surface area contributed by atoms with Gasteiger partial charge in [0.1, 0.15) is 11.8 Å². The number of rotatable bonds is 15. The van der Waals surface area contributed by atoms with Gasteiger partial charge in [0.25, 0.3) is 5.91 Å². The highest BCUT2D eigenvalue weighted by Crippen LogP contribution is 2.18. The van der Waals surface area contributed by atoms with Crippen LogP contribution >= 0.6 is 0 Å². The number of sulfonamides is 1. The molecule has 0 heterocycles. The smallest absolute Gasteiger partial charge is 0.252 e. The Morgan fingerprint density at radius 1 is 0.927 bits per heavy atom. The number of nitrogens with one attached hydrogen (secondary N) is 3. The van der Waals surface area contributed by atoms with Crippen molar-refractivity contribution in [2.75, 3.05) is 23.3 Å². The molecule has 0 aliphatic rings. The summed E-state index contributed by atoms with van der Waals surface area (Å²) >= 11 is 0. The maximum Gasteiger partial charge on any atom is 0.252 e. The summed E-state index contributed by atoms with van der Waals surface area (Å²) in [5, 5.41) is 5.73. The van der Waals surface area contributed by atoms with E-state index in [1.807, 2.05) is 44.2 Å².